The van der Waals surface area contributed by atoms with E-state index in [9.17, 15) is 0 Å². The van der Waals surface area contributed by atoms with Crippen LogP contribution in [-0.2, 0) is 0 Å². The topological polar surface area (TPSA) is 0 Å². The molecule has 90 valence electrons. The molecule has 2 aliphatic rings. The summed E-state index contributed by atoms with van der Waals surface area (Å²) in [5.41, 5.74) is 1.72. The van der Waals surface area contributed by atoms with Crippen LogP contribution < -0.4 is 0 Å². The maximum Gasteiger partial charge on any atom is 0.110 e. The van der Waals surface area contributed by atoms with E-state index in [0.29, 0.717) is 16.2 Å². The van der Waals surface area contributed by atoms with Crippen molar-refractivity contribution in [1.82, 2.24) is 0 Å². The first-order valence-electron chi connectivity index (χ1n) is 7.13. The first-order valence-corrected chi connectivity index (χ1v) is 7.13. The molecule has 0 unspecified atom stereocenters. The van der Waals surface area contributed by atoms with Gasteiger partial charge in [-0.25, -0.2) is 0 Å². The Kier molecular flexibility index (Phi) is 2.80. The molecule has 0 bridgehead atoms. The summed E-state index contributed by atoms with van der Waals surface area (Å²) in [6, 6.07) is 0. The third kappa shape index (κ3) is 2.09. The van der Waals surface area contributed by atoms with Gasteiger partial charge in [0, 0.05) is 0 Å². The van der Waals surface area contributed by atoms with Crippen LogP contribution in [0.2, 0.25) is 25.3 Å². The normalized spacial score (nSPS) is 31.1. The van der Waals surface area contributed by atoms with Gasteiger partial charge in [0.05, 0.1) is 0 Å². The second-order valence-electron chi connectivity index (χ2n) is 8.60. The average Bonchev–Trinajstić information content (AvgIpc) is 2.52. The lowest BCUT2D eigenvalue weighted by atomic mass is 9.06. The van der Waals surface area contributed by atoms with Crippen molar-refractivity contribution in [2.24, 2.45) is 16.2 Å². The standard InChI is InChI=1S/C14H28B2/c1-12(2)7-8-15(9-12)16-10-13(3,4)14(5,6)11-16/h7-11H2,1-6H3. The van der Waals surface area contributed by atoms with E-state index in [2.05, 4.69) is 41.5 Å². The largest absolute Gasteiger partial charge is 0.110 e. The van der Waals surface area contributed by atoms with Crippen LogP contribution in [0.3, 0.4) is 0 Å². The molecule has 0 amide bonds. The molecule has 0 aliphatic carbocycles. The molecule has 0 aromatic rings. The van der Waals surface area contributed by atoms with E-state index in [1.165, 1.54) is 31.7 Å². The molecule has 0 atom stereocenters. The van der Waals surface area contributed by atoms with E-state index in [4.69, 9.17) is 0 Å². The minimum Gasteiger partial charge on any atom is -0.0798 e. The highest BCUT2D eigenvalue weighted by Crippen LogP contribution is 2.55. The minimum atomic E-state index is 0.546. The van der Waals surface area contributed by atoms with Crippen molar-refractivity contribution in [2.45, 2.75) is 73.2 Å². The predicted molar refractivity (Wildman–Crippen MR) is 76.7 cm³/mol. The molecule has 2 heterocycles. The van der Waals surface area contributed by atoms with E-state index in [1.54, 1.807) is 0 Å². The molecule has 16 heavy (non-hydrogen) atoms. The van der Waals surface area contributed by atoms with Crippen LogP contribution in [0.5, 0.6) is 0 Å². The highest BCUT2D eigenvalue weighted by Gasteiger charge is 2.52. The van der Waals surface area contributed by atoms with Gasteiger partial charge in [-0.3, -0.25) is 0 Å². The van der Waals surface area contributed by atoms with Gasteiger partial charge in [-0.1, -0.05) is 73.2 Å². The van der Waals surface area contributed by atoms with Crippen molar-refractivity contribution in [1.29, 1.82) is 0 Å². The van der Waals surface area contributed by atoms with Gasteiger partial charge in [0.1, 0.15) is 13.2 Å². The molecule has 0 saturated carbocycles. The molecule has 2 heteroatoms. The van der Waals surface area contributed by atoms with Gasteiger partial charge < -0.3 is 0 Å². The van der Waals surface area contributed by atoms with Crippen LogP contribution in [0.4, 0.5) is 0 Å². The van der Waals surface area contributed by atoms with Crippen LogP contribution >= 0.6 is 0 Å². The van der Waals surface area contributed by atoms with E-state index in [0.717, 1.165) is 13.2 Å². The molecule has 2 saturated heterocycles. The van der Waals surface area contributed by atoms with Crippen molar-refractivity contribution in [3.8, 4) is 0 Å². The highest BCUT2D eigenvalue weighted by molar-refractivity contribution is 7.23. The summed E-state index contributed by atoms with van der Waals surface area (Å²) in [5.74, 6) is 0. The fourth-order valence-corrected chi connectivity index (χ4v) is 4.16. The smallest absolute Gasteiger partial charge is 0.0798 e. The van der Waals surface area contributed by atoms with Gasteiger partial charge in [0.25, 0.3) is 0 Å². The van der Waals surface area contributed by atoms with Crippen LogP contribution in [0.1, 0.15) is 48.0 Å². The van der Waals surface area contributed by atoms with Gasteiger partial charge in [0.15, 0.2) is 0 Å². The lowest BCUT2D eigenvalue weighted by molar-refractivity contribution is 0.177. The fraction of sp³-hybridized carbons (Fsp3) is 1.00. The molecule has 0 spiro atoms. The van der Waals surface area contributed by atoms with E-state index in [-0.39, 0.29) is 0 Å². The minimum absolute atomic E-state index is 0.546. The molecule has 2 aliphatic heterocycles. The molecule has 2 rings (SSSR count). The summed E-state index contributed by atoms with van der Waals surface area (Å²) in [5, 5.41) is 0. The molecule has 0 aromatic carbocycles. The van der Waals surface area contributed by atoms with Crippen molar-refractivity contribution >= 4 is 13.2 Å². The Bertz CT molecular complexity index is 262. The van der Waals surface area contributed by atoms with Gasteiger partial charge >= 0.3 is 0 Å². The molecule has 0 nitrogen and oxygen atoms in total. The van der Waals surface area contributed by atoms with Crippen LogP contribution in [-0.4, -0.2) is 13.2 Å². The molecular formula is C14H28B2. The first kappa shape index (κ1) is 12.6. The molecule has 0 N–H and O–H groups in total. The van der Waals surface area contributed by atoms with Crippen molar-refractivity contribution in [2.75, 3.05) is 0 Å². The van der Waals surface area contributed by atoms with Crippen molar-refractivity contribution < 1.29 is 0 Å². The summed E-state index contributed by atoms with van der Waals surface area (Å²) < 4.78 is 0. The fourth-order valence-electron chi connectivity index (χ4n) is 4.16. The molecule has 2 fully saturated rings. The second-order valence-corrected chi connectivity index (χ2v) is 8.60. The summed E-state index contributed by atoms with van der Waals surface area (Å²) in [6.07, 6.45) is 7.34. The van der Waals surface area contributed by atoms with Gasteiger partial charge in [-0.2, -0.15) is 0 Å². The number of hydrogen-bond donors (Lipinski definition) is 0. The lowest BCUT2D eigenvalue weighted by Crippen LogP contribution is -2.32. The highest BCUT2D eigenvalue weighted by atomic mass is 14.4. The molecule has 0 aromatic heterocycles. The Morgan fingerprint density at radius 2 is 1.19 bits per heavy atom. The zero-order chi connectivity index (χ0) is 12.2. The maximum absolute atomic E-state index is 2.48. The molecule has 0 radical (unpaired) electrons. The van der Waals surface area contributed by atoms with Gasteiger partial charge in [0.2, 0.25) is 0 Å². The van der Waals surface area contributed by atoms with Crippen LogP contribution in [0.15, 0.2) is 0 Å². The summed E-state index contributed by atoms with van der Waals surface area (Å²) in [7, 11) is 0. The van der Waals surface area contributed by atoms with Crippen LogP contribution in [0.25, 0.3) is 0 Å². The monoisotopic (exact) mass is 218 g/mol. The Morgan fingerprint density at radius 1 is 0.688 bits per heavy atom. The third-order valence-electron chi connectivity index (χ3n) is 6.05. The quantitative estimate of drug-likeness (QED) is 0.566. The third-order valence-corrected chi connectivity index (χ3v) is 6.05. The Balaban J connectivity index is 2.05. The Hall–Kier alpha value is 0.130. The first-order chi connectivity index (χ1) is 7.13. The van der Waals surface area contributed by atoms with E-state index in [1.807, 2.05) is 0 Å². The zero-order valence-electron chi connectivity index (χ0n) is 12.2. The summed E-state index contributed by atoms with van der Waals surface area (Å²) >= 11 is 0. The SMILES string of the molecule is CC1(C)CCB(B2CC(C)(C)C(C)(C)C2)C1. The Morgan fingerprint density at radius 3 is 1.56 bits per heavy atom. The van der Waals surface area contributed by atoms with E-state index >= 15 is 0 Å². The summed E-state index contributed by atoms with van der Waals surface area (Å²) in [4.78, 5) is 0. The lowest BCUT2D eigenvalue weighted by Gasteiger charge is -2.35. The maximum atomic E-state index is 2.48. The summed E-state index contributed by atoms with van der Waals surface area (Å²) in [6.45, 7) is 16.9. The van der Waals surface area contributed by atoms with Gasteiger partial charge in [-0.15, -0.1) is 0 Å². The van der Waals surface area contributed by atoms with Crippen molar-refractivity contribution in [3.63, 3.8) is 0 Å². The van der Waals surface area contributed by atoms with Crippen LogP contribution in [0, 0.1) is 16.2 Å². The average molecular weight is 218 g/mol. The number of hydrogen-bond acceptors (Lipinski definition) is 0. The predicted octanol–water partition coefficient (Wildman–Crippen LogP) is 4.55. The van der Waals surface area contributed by atoms with Gasteiger partial charge in [-0.05, 0) is 16.2 Å². The van der Waals surface area contributed by atoms with Crippen molar-refractivity contribution in [3.05, 3.63) is 0 Å². The Labute approximate surface area is 103 Å². The number of rotatable bonds is 1. The van der Waals surface area contributed by atoms with E-state index < -0.39 is 0 Å². The molecular weight excluding hydrogens is 190 g/mol. The zero-order valence-corrected chi connectivity index (χ0v) is 12.2. The second kappa shape index (κ2) is 3.56.